The van der Waals surface area contributed by atoms with E-state index >= 15 is 0 Å². The number of isothiocyanates is 1. The van der Waals surface area contributed by atoms with Gasteiger partial charge in [-0.1, -0.05) is 24.0 Å². The van der Waals surface area contributed by atoms with Crippen LogP contribution in [0.5, 0.6) is 0 Å². The van der Waals surface area contributed by atoms with E-state index in [1.165, 1.54) is 18.4 Å². The molecule has 1 aliphatic rings. The van der Waals surface area contributed by atoms with E-state index in [1.54, 1.807) is 0 Å². The minimum Gasteiger partial charge on any atom is -0.205 e. The van der Waals surface area contributed by atoms with Crippen LogP contribution in [0.3, 0.4) is 0 Å². The molecule has 4 heteroatoms. The third kappa shape index (κ3) is 4.85. The van der Waals surface area contributed by atoms with Crippen molar-refractivity contribution in [1.82, 2.24) is 0 Å². The third-order valence-corrected chi connectivity index (χ3v) is 3.94. The number of halogens is 2. The summed E-state index contributed by atoms with van der Waals surface area (Å²) in [6.45, 7) is 0. The average molecular weight is 349 g/mol. The SMILES string of the molecule is Fc1cc(C#Cc2ccc(CC3CC3)cc2)cc(F)c1C#CN=C=S. The number of hydrogen-bond donors (Lipinski definition) is 0. The van der Waals surface area contributed by atoms with Crippen molar-refractivity contribution in [3.05, 3.63) is 70.3 Å². The van der Waals surface area contributed by atoms with Crippen LogP contribution in [-0.4, -0.2) is 5.16 Å². The van der Waals surface area contributed by atoms with Crippen molar-refractivity contribution in [2.24, 2.45) is 10.9 Å². The first-order valence-electron chi connectivity index (χ1n) is 7.83. The van der Waals surface area contributed by atoms with Crippen molar-refractivity contribution in [3.8, 4) is 23.8 Å². The van der Waals surface area contributed by atoms with Crippen molar-refractivity contribution in [3.63, 3.8) is 0 Å². The van der Waals surface area contributed by atoms with Crippen LogP contribution in [0, 0.1) is 41.4 Å². The number of nitrogens with zero attached hydrogens (tertiary/aromatic N) is 1. The maximum atomic E-state index is 13.9. The zero-order chi connectivity index (χ0) is 17.6. The van der Waals surface area contributed by atoms with Gasteiger partial charge in [0.05, 0.1) is 16.8 Å². The molecule has 0 unspecified atom stereocenters. The fraction of sp³-hybridized carbons (Fsp3) is 0.190. The molecular weight excluding hydrogens is 336 g/mol. The summed E-state index contributed by atoms with van der Waals surface area (Å²) in [7, 11) is 0. The lowest BCUT2D eigenvalue weighted by molar-refractivity contribution is 0.577. The second kappa shape index (κ2) is 7.86. The van der Waals surface area contributed by atoms with Crippen LogP contribution in [0.15, 0.2) is 41.4 Å². The Morgan fingerprint density at radius 2 is 1.60 bits per heavy atom. The second-order valence-corrected chi connectivity index (χ2v) is 6.03. The van der Waals surface area contributed by atoms with E-state index < -0.39 is 11.6 Å². The molecule has 0 heterocycles. The van der Waals surface area contributed by atoms with Crippen molar-refractivity contribution in [2.45, 2.75) is 19.3 Å². The average Bonchev–Trinajstić information content (AvgIpc) is 3.41. The Morgan fingerprint density at radius 1 is 0.960 bits per heavy atom. The van der Waals surface area contributed by atoms with Gasteiger partial charge in [-0.15, -0.1) is 4.99 Å². The molecule has 2 aromatic rings. The standard InChI is InChI=1S/C21H13F2NS/c22-20-12-18(13-21(23)19(20)9-10-24-14-25)8-3-15-1-4-16(5-2-15)11-17-6-7-17/h1-2,4-5,12-13,17H,6-7,11H2. The summed E-state index contributed by atoms with van der Waals surface area (Å²) in [5, 5.41) is 2.01. The molecule has 0 spiro atoms. The highest BCUT2D eigenvalue weighted by molar-refractivity contribution is 7.78. The summed E-state index contributed by atoms with van der Waals surface area (Å²) in [4.78, 5) is 3.32. The van der Waals surface area contributed by atoms with Crippen LogP contribution in [-0.2, 0) is 6.42 Å². The zero-order valence-corrected chi connectivity index (χ0v) is 14.1. The largest absolute Gasteiger partial charge is 0.205 e. The molecular formula is C21H13F2NS. The highest BCUT2D eigenvalue weighted by atomic mass is 32.1. The molecule has 0 aliphatic heterocycles. The van der Waals surface area contributed by atoms with Gasteiger partial charge in [-0.25, -0.2) is 8.78 Å². The van der Waals surface area contributed by atoms with Crippen molar-refractivity contribution < 1.29 is 8.78 Å². The van der Waals surface area contributed by atoms with E-state index in [1.807, 2.05) is 17.3 Å². The molecule has 0 amide bonds. The zero-order valence-electron chi connectivity index (χ0n) is 13.3. The van der Waals surface area contributed by atoms with E-state index in [4.69, 9.17) is 0 Å². The Bertz CT molecular complexity index is 938. The molecule has 0 atom stereocenters. The first-order valence-corrected chi connectivity index (χ1v) is 8.24. The molecule has 1 fully saturated rings. The summed E-state index contributed by atoms with van der Waals surface area (Å²) in [6, 6.07) is 12.5. The predicted octanol–water partition coefficient (Wildman–Crippen LogP) is 4.73. The first kappa shape index (κ1) is 17.1. The van der Waals surface area contributed by atoms with Gasteiger partial charge in [-0.2, -0.15) is 0 Å². The minimum atomic E-state index is -0.781. The molecule has 3 rings (SSSR count). The van der Waals surface area contributed by atoms with Gasteiger partial charge in [-0.05, 0) is 73.1 Å². The smallest absolute Gasteiger partial charge is 0.143 e. The summed E-state index contributed by atoms with van der Waals surface area (Å²) in [5.74, 6) is 7.24. The number of thiocarbonyl (C=S) groups is 1. The van der Waals surface area contributed by atoms with Gasteiger partial charge in [-0.3, -0.25) is 0 Å². The van der Waals surface area contributed by atoms with E-state index in [0.29, 0.717) is 0 Å². The topological polar surface area (TPSA) is 12.4 Å². The van der Waals surface area contributed by atoms with Gasteiger partial charge >= 0.3 is 0 Å². The number of rotatable bonds is 2. The lowest BCUT2D eigenvalue weighted by atomic mass is 10.1. The minimum absolute atomic E-state index is 0.251. The maximum absolute atomic E-state index is 13.9. The van der Waals surface area contributed by atoms with E-state index in [9.17, 15) is 8.78 Å². The summed E-state index contributed by atoms with van der Waals surface area (Å²) in [5.41, 5.74) is 2.00. The summed E-state index contributed by atoms with van der Waals surface area (Å²) >= 11 is 4.34. The molecule has 122 valence electrons. The third-order valence-electron chi connectivity index (χ3n) is 3.85. The molecule has 2 aromatic carbocycles. The quantitative estimate of drug-likeness (QED) is 0.434. The molecule has 1 nitrogen and oxygen atoms in total. The summed E-state index contributed by atoms with van der Waals surface area (Å²) in [6.07, 6.45) is 3.74. The van der Waals surface area contributed by atoms with Crippen molar-refractivity contribution >= 4 is 17.4 Å². The van der Waals surface area contributed by atoms with Gasteiger partial charge in [0.1, 0.15) is 11.6 Å². The molecule has 0 radical (unpaired) electrons. The van der Waals surface area contributed by atoms with Gasteiger partial charge in [0.2, 0.25) is 0 Å². The van der Waals surface area contributed by atoms with Crippen molar-refractivity contribution in [2.75, 3.05) is 0 Å². The predicted molar refractivity (Wildman–Crippen MR) is 97.1 cm³/mol. The van der Waals surface area contributed by atoms with Crippen LogP contribution >= 0.6 is 12.2 Å². The molecule has 0 aromatic heterocycles. The van der Waals surface area contributed by atoms with Crippen LogP contribution in [0.2, 0.25) is 0 Å². The van der Waals surface area contributed by atoms with Gasteiger partial charge in [0, 0.05) is 11.1 Å². The molecule has 0 N–H and O–H groups in total. The molecule has 0 bridgehead atoms. The highest BCUT2D eigenvalue weighted by Gasteiger charge is 2.21. The van der Waals surface area contributed by atoms with Crippen LogP contribution in [0.1, 0.15) is 35.1 Å². The Kier molecular flexibility index (Phi) is 5.36. The molecule has 1 aliphatic carbocycles. The Labute approximate surface area is 150 Å². The summed E-state index contributed by atoms with van der Waals surface area (Å²) < 4.78 is 27.9. The molecule has 1 saturated carbocycles. The van der Waals surface area contributed by atoms with E-state index in [2.05, 4.69) is 53.1 Å². The maximum Gasteiger partial charge on any atom is 0.143 e. The monoisotopic (exact) mass is 349 g/mol. The van der Waals surface area contributed by atoms with Gasteiger partial charge in [0.15, 0.2) is 0 Å². The Balaban J connectivity index is 1.78. The molecule has 25 heavy (non-hydrogen) atoms. The Morgan fingerprint density at radius 3 is 2.20 bits per heavy atom. The highest BCUT2D eigenvalue weighted by Crippen LogP contribution is 2.32. The second-order valence-electron chi connectivity index (χ2n) is 5.85. The molecule has 0 saturated heterocycles. The van der Waals surface area contributed by atoms with E-state index in [-0.39, 0.29) is 11.1 Å². The Hall–Kier alpha value is -2.78. The first-order chi connectivity index (χ1) is 12.2. The lowest BCUT2D eigenvalue weighted by Crippen LogP contribution is -1.92. The number of aliphatic imine (C=N–C) groups is 1. The van der Waals surface area contributed by atoms with Gasteiger partial charge in [0.25, 0.3) is 0 Å². The van der Waals surface area contributed by atoms with Crippen LogP contribution in [0.25, 0.3) is 0 Å². The fourth-order valence-electron chi connectivity index (χ4n) is 2.40. The fourth-order valence-corrected chi connectivity index (χ4v) is 2.44. The van der Waals surface area contributed by atoms with E-state index in [0.717, 1.165) is 30.0 Å². The lowest BCUT2D eigenvalue weighted by Gasteiger charge is -1.99. The normalized spacial score (nSPS) is 12.2. The van der Waals surface area contributed by atoms with Crippen LogP contribution in [0.4, 0.5) is 8.78 Å². The van der Waals surface area contributed by atoms with Crippen molar-refractivity contribution in [1.29, 1.82) is 0 Å². The van der Waals surface area contributed by atoms with Crippen LogP contribution < -0.4 is 0 Å². The number of hydrogen-bond acceptors (Lipinski definition) is 2. The number of benzene rings is 2. The van der Waals surface area contributed by atoms with Gasteiger partial charge < -0.3 is 0 Å².